The van der Waals surface area contributed by atoms with Crippen LogP contribution in [0.2, 0.25) is 0 Å². The van der Waals surface area contributed by atoms with Crippen LogP contribution in [-0.4, -0.2) is 64.9 Å². The molecule has 1 rings (SSSR count). The van der Waals surface area contributed by atoms with Crippen LogP contribution in [0, 0.1) is 0 Å². The zero-order chi connectivity index (χ0) is 20.9. The lowest BCUT2D eigenvalue weighted by Crippen LogP contribution is -2.42. The number of nitrogens with zero attached hydrogens (tertiary/aromatic N) is 2. The Morgan fingerprint density at radius 1 is 1.07 bits per heavy atom. The summed E-state index contributed by atoms with van der Waals surface area (Å²) in [5.74, 6) is 2.67. The summed E-state index contributed by atoms with van der Waals surface area (Å²) in [5, 5.41) is 6.81. The zero-order valence-corrected chi connectivity index (χ0v) is 21.3. The third-order valence-corrected chi connectivity index (χ3v) is 4.84. The molecule has 0 aromatic heterocycles. The fourth-order valence-electron chi connectivity index (χ4n) is 3.14. The van der Waals surface area contributed by atoms with E-state index in [1.54, 1.807) is 28.4 Å². The van der Waals surface area contributed by atoms with Crippen molar-refractivity contribution in [2.75, 3.05) is 48.0 Å². The van der Waals surface area contributed by atoms with Crippen LogP contribution in [0.1, 0.15) is 39.2 Å². The first-order valence-electron chi connectivity index (χ1n) is 10.0. The molecule has 0 amide bonds. The molecule has 0 saturated carbocycles. The Morgan fingerprint density at radius 3 is 2.24 bits per heavy atom. The number of rotatable bonds is 12. The van der Waals surface area contributed by atoms with Gasteiger partial charge in [0.25, 0.3) is 0 Å². The van der Waals surface area contributed by atoms with Gasteiger partial charge < -0.3 is 29.7 Å². The van der Waals surface area contributed by atoms with Gasteiger partial charge in [0.15, 0.2) is 17.5 Å². The van der Waals surface area contributed by atoms with Crippen molar-refractivity contribution < 1.29 is 14.2 Å². The molecule has 7 nitrogen and oxygen atoms in total. The molecule has 0 radical (unpaired) electrons. The van der Waals surface area contributed by atoms with Crippen LogP contribution in [0.4, 0.5) is 0 Å². The maximum absolute atomic E-state index is 5.54. The van der Waals surface area contributed by atoms with Crippen molar-refractivity contribution in [1.29, 1.82) is 0 Å². The van der Waals surface area contributed by atoms with E-state index in [0.717, 1.165) is 44.0 Å². The first-order valence-corrected chi connectivity index (χ1v) is 10.0. The van der Waals surface area contributed by atoms with Gasteiger partial charge in [-0.25, -0.2) is 0 Å². The Kier molecular flexibility index (Phi) is 14.7. The summed E-state index contributed by atoms with van der Waals surface area (Å²) in [7, 11) is 6.64. The lowest BCUT2D eigenvalue weighted by Gasteiger charge is -2.21. The second-order valence-electron chi connectivity index (χ2n) is 6.63. The van der Waals surface area contributed by atoms with E-state index in [1.807, 2.05) is 12.1 Å². The van der Waals surface area contributed by atoms with Crippen LogP contribution >= 0.6 is 24.0 Å². The minimum Gasteiger partial charge on any atom is -0.493 e. The molecule has 168 valence electrons. The maximum Gasteiger partial charge on any atom is 0.203 e. The predicted octanol–water partition coefficient (Wildman–Crippen LogP) is 3.51. The van der Waals surface area contributed by atoms with Gasteiger partial charge >= 0.3 is 0 Å². The van der Waals surface area contributed by atoms with Gasteiger partial charge in [-0.15, -0.1) is 24.0 Å². The minimum atomic E-state index is 0. The second kappa shape index (κ2) is 15.4. The largest absolute Gasteiger partial charge is 0.493 e. The third-order valence-electron chi connectivity index (χ3n) is 4.84. The second-order valence-corrected chi connectivity index (χ2v) is 6.63. The van der Waals surface area contributed by atoms with Crippen LogP contribution in [0.3, 0.4) is 0 Å². The smallest absolute Gasteiger partial charge is 0.203 e. The molecule has 0 aliphatic carbocycles. The Hall–Kier alpha value is -1.42. The topological polar surface area (TPSA) is 67.4 Å². The van der Waals surface area contributed by atoms with E-state index in [2.05, 4.69) is 41.3 Å². The number of hydrogen-bond donors (Lipinski definition) is 2. The number of guanidine groups is 1. The molecule has 0 saturated heterocycles. The van der Waals surface area contributed by atoms with Crippen molar-refractivity contribution >= 4 is 29.9 Å². The highest BCUT2D eigenvalue weighted by Crippen LogP contribution is 2.39. The van der Waals surface area contributed by atoms with Crippen LogP contribution < -0.4 is 24.8 Å². The highest BCUT2D eigenvalue weighted by Gasteiger charge is 2.16. The molecule has 0 spiro atoms. The standard InChI is InChI=1S/C21H38N4O3.HI/c1-8-25(9-2)14-10-11-16(3)24-21(22-4)23-15-17-12-13-18(26-5)20(28-7)19(17)27-6;/h12-13,16H,8-11,14-15H2,1-7H3,(H2,22,23,24);1H. The normalized spacial score (nSPS) is 12.2. The first-order chi connectivity index (χ1) is 13.5. The van der Waals surface area contributed by atoms with E-state index < -0.39 is 0 Å². The van der Waals surface area contributed by atoms with Crippen molar-refractivity contribution in [3.05, 3.63) is 17.7 Å². The summed E-state index contributed by atoms with van der Waals surface area (Å²) in [6, 6.07) is 4.19. The molecular formula is C21H39IN4O3. The fraction of sp³-hybridized carbons (Fsp3) is 0.667. The number of halogens is 1. The molecular weight excluding hydrogens is 483 g/mol. The van der Waals surface area contributed by atoms with Gasteiger partial charge in [-0.3, -0.25) is 4.99 Å². The lowest BCUT2D eigenvalue weighted by atomic mass is 10.1. The van der Waals surface area contributed by atoms with Crippen LogP contribution in [-0.2, 0) is 6.54 Å². The van der Waals surface area contributed by atoms with Crippen molar-refractivity contribution in [3.8, 4) is 17.2 Å². The van der Waals surface area contributed by atoms with Crippen LogP contribution in [0.15, 0.2) is 17.1 Å². The van der Waals surface area contributed by atoms with Gasteiger partial charge in [-0.1, -0.05) is 13.8 Å². The Morgan fingerprint density at radius 2 is 1.72 bits per heavy atom. The zero-order valence-electron chi connectivity index (χ0n) is 19.0. The molecule has 1 aromatic carbocycles. The van der Waals surface area contributed by atoms with Gasteiger partial charge in [-0.05, 0) is 51.5 Å². The van der Waals surface area contributed by atoms with Crippen molar-refractivity contribution in [3.63, 3.8) is 0 Å². The highest BCUT2D eigenvalue weighted by atomic mass is 127. The average molecular weight is 522 g/mol. The first kappa shape index (κ1) is 27.6. The molecule has 0 heterocycles. The molecule has 1 aromatic rings. The summed E-state index contributed by atoms with van der Waals surface area (Å²) in [6.45, 7) is 10.5. The van der Waals surface area contributed by atoms with Crippen LogP contribution in [0.5, 0.6) is 17.2 Å². The summed E-state index contributed by atoms with van der Waals surface area (Å²) in [4.78, 5) is 6.79. The van der Waals surface area contributed by atoms with E-state index in [0.29, 0.717) is 29.8 Å². The summed E-state index contributed by atoms with van der Waals surface area (Å²) >= 11 is 0. The Balaban J connectivity index is 0.00000784. The van der Waals surface area contributed by atoms with Gasteiger partial charge in [-0.2, -0.15) is 0 Å². The molecule has 8 heteroatoms. The lowest BCUT2D eigenvalue weighted by molar-refractivity contribution is 0.292. The molecule has 1 unspecified atom stereocenters. The van der Waals surface area contributed by atoms with E-state index in [4.69, 9.17) is 14.2 Å². The quantitative estimate of drug-likeness (QED) is 0.249. The van der Waals surface area contributed by atoms with Crippen LogP contribution in [0.25, 0.3) is 0 Å². The number of methoxy groups -OCH3 is 3. The minimum absolute atomic E-state index is 0. The van der Waals surface area contributed by atoms with Crippen molar-refractivity contribution in [1.82, 2.24) is 15.5 Å². The Labute approximate surface area is 193 Å². The number of benzene rings is 1. The molecule has 2 N–H and O–H groups in total. The molecule has 0 aliphatic heterocycles. The van der Waals surface area contributed by atoms with E-state index in [9.17, 15) is 0 Å². The molecule has 1 atom stereocenters. The van der Waals surface area contributed by atoms with Gasteiger partial charge in [0.05, 0.1) is 21.3 Å². The Bertz CT molecular complexity index is 610. The number of nitrogens with one attached hydrogen (secondary N) is 2. The summed E-state index contributed by atoms with van der Waals surface area (Å²) in [5.41, 5.74) is 0.970. The third kappa shape index (κ3) is 8.86. The maximum atomic E-state index is 5.54. The van der Waals surface area contributed by atoms with E-state index >= 15 is 0 Å². The number of aliphatic imine (C=N–C) groups is 1. The number of ether oxygens (including phenoxy) is 3. The van der Waals surface area contributed by atoms with Gasteiger partial charge in [0.2, 0.25) is 5.75 Å². The SMILES string of the molecule is CCN(CC)CCCC(C)NC(=NC)NCc1ccc(OC)c(OC)c1OC.I. The summed E-state index contributed by atoms with van der Waals surface area (Å²) < 4.78 is 16.3. The molecule has 0 fully saturated rings. The monoisotopic (exact) mass is 522 g/mol. The fourth-order valence-corrected chi connectivity index (χ4v) is 3.14. The van der Waals surface area contributed by atoms with Gasteiger partial charge in [0.1, 0.15) is 0 Å². The summed E-state index contributed by atoms with van der Waals surface area (Å²) in [6.07, 6.45) is 2.26. The molecule has 0 aliphatic rings. The van der Waals surface area contributed by atoms with E-state index in [-0.39, 0.29) is 24.0 Å². The van der Waals surface area contributed by atoms with Gasteiger partial charge in [0, 0.05) is 25.2 Å². The average Bonchev–Trinajstić information content (AvgIpc) is 2.73. The molecule has 29 heavy (non-hydrogen) atoms. The predicted molar refractivity (Wildman–Crippen MR) is 131 cm³/mol. The van der Waals surface area contributed by atoms with E-state index in [1.165, 1.54) is 0 Å². The van der Waals surface area contributed by atoms with Crippen molar-refractivity contribution in [2.24, 2.45) is 4.99 Å². The molecule has 0 bridgehead atoms. The number of hydrogen-bond acceptors (Lipinski definition) is 5. The van der Waals surface area contributed by atoms with Crippen molar-refractivity contribution in [2.45, 2.75) is 46.2 Å². The highest BCUT2D eigenvalue weighted by molar-refractivity contribution is 14.0.